The van der Waals surface area contributed by atoms with Crippen molar-refractivity contribution >= 4 is 29.3 Å². The molecule has 1 aliphatic carbocycles. The molecule has 1 atom stereocenters. The van der Waals surface area contributed by atoms with Gasteiger partial charge in [0.15, 0.2) is 11.3 Å². The van der Waals surface area contributed by atoms with Crippen LogP contribution in [0.4, 0.5) is 5.82 Å². The van der Waals surface area contributed by atoms with Crippen molar-refractivity contribution in [2.24, 2.45) is 0 Å². The fraction of sp³-hybridized carbons (Fsp3) is 0.211. The molecule has 0 unspecified atom stereocenters. The van der Waals surface area contributed by atoms with Gasteiger partial charge in [0.25, 0.3) is 5.91 Å². The quantitative estimate of drug-likeness (QED) is 0.558. The Kier molecular flexibility index (Phi) is 4.38. The Hall–Kier alpha value is -3.95. The Labute approximate surface area is 164 Å². The van der Waals surface area contributed by atoms with Gasteiger partial charge in [-0.15, -0.1) is 5.10 Å². The zero-order valence-electron chi connectivity index (χ0n) is 15.4. The third-order valence-corrected chi connectivity index (χ3v) is 4.85. The van der Waals surface area contributed by atoms with E-state index < -0.39 is 17.8 Å². The molecule has 4 N–H and O–H groups in total. The summed E-state index contributed by atoms with van der Waals surface area (Å²) in [6.45, 7) is 0. The fourth-order valence-electron chi connectivity index (χ4n) is 3.51. The second kappa shape index (κ2) is 6.89. The second-order valence-corrected chi connectivity index (χ2v) is 6.64. The van der Waals surface area contributed by atoms with Crippen LogP contribution in [0.25, 0.3) is 5.65 Å². The van der Waals surface area contributed by atoms with E-state index in [9.17, 15) is 19.5 Å². The standard InChI is InChI=1S/C19H17N5O5/c1-29-19(28)10-2-4-11-9(6-10)3-5-12(11)22-17(25)13-7-14(18(26)27)24-16(21-13)8-15(20)23-24/h2,4,6-8,12H,3,5H2,1H3,(H2,20,23)(H,22,25)(H,26,27)/t12-/m0/s1. The van der Waals surface area contributed by atoms with E-state index in [2.05, 4.69) is 15.4 Å². The minimum Gasteiger partial charge on any atom is -0.477 e. The van der Waals surface area contributed by atoms with Crippen LogP contribution in [0.15, 0.2) is 30.3 Å². The van der Waals surface area contributed by atoms with Crippen LogP contribution >= 0.6 is 0 Å². The Morgan fingerprint density at radius 2 is 2.07 bits per heavy atom. The zero-order valence-corrected chi connectivity index (χ0v) is 15.4. The van der Waals surface area contributed by atoms with Crippen molar-refractivity contribution in [1.29, 1.82) is 0 Å². The van der Waals surface area contributed by atoms with E-state index in [0.29, 0.717) is 18.4 Å². The fourth-order valence-corrected chi connectivity index (χ4v) is 3.51. The number of hydrogen-bond acceptors (Lipinski definition) is 7. The first-order valence-corrected chi connectivity index (χ1v) is 8.79. The van der Waals surface area contributed by atoms with Gasteiger partial charge in [0.2, 0.25) is 0 Å². The van der Waals surface area contributed by atoms with Crippen LogP contribution in [-0.4, -0.2) is 44.7 Å². The smallest absolute Gasteiger partial charge is 0.354 e. The minimum atomic E-state index is -1.25. The summed E-state index contributed by atoms with van der Waals surface area (Å²) >= 11 is 0. The molecule has 2 aromatic heterocycles. The zero-order chi connectivity index (χ0) is 20.7. The van der Waals surface area contributed by atoms with Crippen LogP contribution in [0, 0.1) is 0 Å². The molecule has 29 heavy (non-hydrogen) atoms. The molecule has 0 aliphatic heterocycles. The number of carboxylic acids is 1. The largest absolute Gasteiger partial charge is 0.477 e. The molecule has 2 heterocycles. The predicted molar refractivity (Wildman–Crippen MR) is 101 cm³/mol. The number of aryl methyl sites for hydroxylation is 1. The first-order chi connectivity index (χ1) is 13.9. The lowest BCUT2D eigenvalue weighted by atomic mass is 10.0. The topological polar surface area (TPSA) is 149 Å². The maximum atomic E-state index is 12.8. The molecule has 0 spiro atoms. The number of carbonyl (C=O) groups is 3. The van der Waals surface area contributed by atoms with Gasteiger partial charge >= 0.3 is 11.9 Å². The molecule has 1 amide bonds. The van der Waals surface area contributed by atoms with Crippen molar-refractivity contribution in [2.75, 3.05) is 12.8 Å². The maximum absolute atomic E-state index is 12.8. The van der Waals surface area contributed by atoms with Crippen LogP contribution < -0.4 is 11.1 Å². The van der Waals surface area contributed by atoms with Gasteiger partial charge in [-0.3, -0.25) is 4.79 Å². The van der Waals surface area contributed by atoms with Crippen LogP contribution in [-0.2, 0) is 11.2 Å². The average molecular weight is 395 g/mol. The highest BCUT2D eigenvalue weighted by atomic mass is 16.5. The SMILES string of the molecule is COC(=O)c1ccc2c(c1)CC[C@@H]2NC(=O)c1cc(C(=O)O)n2nc(N)cc2n1. The number of amides is 1. The molecule has 4 rings (SSSR count). The molecule has 1 aromatic carbocycles. The number of anilines is 1. The summed E-state index contributed by atoms with van der Waals surface area (Å²) in [5.41, 5.74) is 7.83. The Balaban J connectivity index is 1.61. The summed E-state index contributed by atoms with van der Waals surface area (Å²) in [5, 5.41) is 16.2. The summed E-state index contributed by atoms with van der Waals surface area (Å²) in [6, 6.07) is 7.48. The molecule has 0 fully saturated rings. The normalized spacial score (nSPS) is 15.1. The van der Waals surface area contributed by atoms with Crippen molar-refractivity contribution in [1.82, 2.24) is 19.9 Å². The Morgan fingerprint density at radius 3 is 2.79 bits per heavy atom. The number of methoxy groups -OCH3 is 1. The predicted octanol–water partition coefficient (Wildman–Crippen LogP) is 1.21. The van der Waals surface area contributed by atoms with E-state index >= 15 is 0 Å². The number of aromatic nitrogens is 3. The number of rotatable bonds is 4. The summed E-state index contributed by atoms with van der Waals surface area (Å²) in [7, 11) is 1.32. The highest BCUT2D eigenvalue weighted by molar-refractivity contribution is 5.96. The highest BCUT2D eigenvalue weighted by Gasteiger charge is 2.27. The molecule has 1 aliphatic rings. The number of nitrogens with zero attached hydrogens (tertiary/aromatic N) is 3. The number of nitrogen functional groups attached to an aromatic ring is 1. The first-order valence-electron chi connectivity index (χ1n) is 8.79. The van der Waals surface area contributed by atoms with Crippen molar-refractivity contribution in [2.45, 2.75) is 18.9 Å². The van der Waals surface area contributed by atoms with Gasteiger partial charge in [-0.1, -0.05) is 6.07 Å². The maximum Gasteiger partial charge on any atom is 0.354 e. The number of ether oxygens (including phenoxy) is 1. The van der Waals surface area contributed by atoms with Crippen molar-refractivity contribution in [3.8, 4) is 0 Å². The van der Waals surface area contributed by atoms with Gasteiger partial charge < -0.3 is 20.9 Å². The molecule has 148 valence electrons. The molecule has 10 nitrogen and oxygen atoms in total. The summed E-state index contributed by atoms with van der Waals surface area (Å²) in [5.74, 6) is -2.08. The van der Waals surface area contributed by atoms with E-state index in [1.54, 1.807) is 18.2 Å². The minimum absolute atomic E-state index is 0.0468. The van der Waals surface area contributed by atoms with Crippen LogP contribution in [0.3, 0.4) is 0 Å². The van der Waals surface area contributed by atoms with Gasteiger partial charge in [-0.05, 0) is 36.1 Å². The van der Waals surface area contributed by atoms with Gasteiger partial charge in [0.1, 0.15) is 11.5 Å². The van der Waals surface area contributed by atoms with Crippen LogP contribution in [0.5, 0.6) is 0 Å². The number of carbonyl (C=O) groups excluding carboxylic acids is 2. The van der Waals surface area contributed by atoms with Gasteiger partial charge in [-0.2, -0.15) is 0 Å². The van der Waals surface area contributed by atoms with Crippen LogP contribution in [0.1, 0.15) is 54.9 Å². The van der Waals surface area contributed by atoms with E-state index in [1.165, 1.54) is 13.2 Å². The number of carboxylic acid groups (broad SMARTS) is 1. The third kappa shape index (κ3) is 3.24. The summed E-state index contributed by atoms with van der Waals surface area (Å²) in [4.78, 5) is 40.1. The number of benzene rings is 1. The number of esters is 1. The number of aromatic carboxylic acids is 1. The highest BCUT2D eigenvalue weighted by Crippen LogP contribution is 2.32. The number of fused-ring (bicyclic) bond motifs is 2. The molecule has 0 radical (unpaired) electrons. The lowest BCUT2D eigenvalue weighted by molar-refractivity contribution is 0.0599. The van der Waals surface area contributed by atoms with Gasteiger partial charge in [0.05, 0.1) is 18.7 Å². The molecule has 3 aromatic rings. The van der Waals surface area contributed by atoms with E-state index in [0.717, 1.165) is 21.7 Å². The average Bonchev–Trinajstić information content (AvgIpc) is 3.28. The van der Waals surface area contributed by atoms with E-state index in [-0.39, 0.29) is 28.9 Å². The molecule has 0 saturated heterocycles. The number of nitrogens with two attached hydrogens (primary N) is 1. The number of hydrogen-bond donors (Lipinski definition) is 3. The second-order valence-electron chi connectivity index (χ2n) is 6.64. The van der Waals surface area contributed by atoms with Gasteiger partial charge in [-0.25, -0.2) is 19.1 Å². The number of nitrogens with one attached hydrogen (secondary N) is 1. The molecule has 0 saturated carbocycles. The summed E-state index contributed by atoms with van der Waals surface area (Å²) in [6.07, 6.45) is 1.34. The monoisotopic (exact) mass is 395 g/mol. The van der Waals surface area contributed by atoms with Crippen LogP contribution in [0.2, 0.25) is 0 Å². The first kappa shape index (κ1) is 18.4. The molecule has 10 heteroatoms. The Bertz CT molecular complexity index is 1170. The van der Waals surface area contributed by atoms with Crippen molar-refractivity contribution in [3.05, 3.63) is 58.4 Å². The third-order valence-electron chi connectivity index (χ3n) is 4.85. The molecular formula is C19H17N5O5. The molecule has 0 bridgehead atoms. The molecular weight excluding hydrogens is 378 g/mol. The van der Waals surface area contributed by atoms with E-state index in [1.807, 2.05) is 0 Å². The summed E-state index contributed by atoms with van der Waals surface area (Å²) < 4.78 is 5.81. The van der Waals surface area contributed by atoms with Crippen molar-refractivity contribution < 1.29 is 24.2 Å². The van der Waals surface area contributed by atoms with Crippen molar-refractivity contribution in [3.63, 3.8) is 0 Å². The Morgan fingerprint density at radius 1 is 1.28 bits per heavy atom. The lowest BCUT2D eigenvalue weighted by Crippen LogP contribution is -2.28. The van der Waals surface area contributed by atoms with Gasteiger partial charge in [0, 0.05) is 12.1 Å². The lowest BCUT2D eigenvalue weighted by Gasteiger charge is -2.14. The van der Waals surface area contributed by atoms with E-state index in [4.69, 9.17) is 10.5 Å².